The van der Waals surface area contributed by atoms with Crippen molar-refractivity contribution in [2.75, 3.05) is 0 Å². The van der Waals surface area contributed by atoms with Crippen LogP contribution in [0.25, 0.3) is 11.0 Å². The Morgan fingerprint density at radius 3 is 2.86 bits per heavy atom. The maximum Gasteiger partial charge on any atom is 0.249 e. The fourth-order valence-corrected chi connectivity index (χ4v) is 1.25. The molecule has 0 saturated carbocycles. The monoisotopic (exact) mass is 189 g/mol. The molecule has 0 atom stereocenters. The van der Waals surface area contributed by atoms with Crippen molar-refractivity contribution in [2.45, 2.75) is 6.92 Å². The van der Waals surface area contributed by atoms with Crippen LogP contribution in [0, 0.1) is 0 Å². The third-order valence-corrected chi connectivity index (χ3v) is 1.86. The Labute approximate surface area is 78.8 Å². The number of carbonyl (C=O) groups excluding carboxylic acids is 1. The quantitative estimate of drug-likeness (QED) is 0.663. The normalized spacial score (nSPS) is 10.4. The summed E-state index contributed by atoms with van der Waals surface area (Å²) in [6, 6.07) is 2.89. The Bertz CT molecular complexity index is 559. The summed E-state index contributed by atoms with van der Waals surface area (Å²) in [6.07, 6.45) is 1.26. The molecule has 2 aromatic rings. The van der Waals surface area contributed by atoms with E-state index in [1.54, 1.807) is 6.07 Å². The average Bonchev–Trinajstić information content (AvgIpc) is 2.16. The lowest BCUT2D eigenvalue weighted by Gasteiger charge is -1.99. The van der Waals surface area contributed by atoms with Gasteiger partial charge in [-0.15, -0.1) is 0 Å². The van der Waals surface area contributed by atoms with Gasteiger partial charge in [0.05, 0.1) is 0 Å². The first-order valence-electron chi connectivity index (χ1n) is 4.03. The Hall–Kier alpha value is -2.04. The van der Waals surface area contributed by atoms with Gasteiger partial charge in [0, 0.05) is 18.4 Å². The molecule has 70 valence electrons. The Kier molecular flexibility index (Phi) is 1.85. The van der Waals surface area contributed by atoms with E-state index >= 15 is 0 Å². The van der Waals surface area contributed by atoms with Crippen LogP contribution in [0.2, 0.25) is 0 Å². The molecule has 0 unspecified atom stereocenters. The van der Waals surface area contributed by atoms with Crippen LogP contribution in [0.15, 0.2) is 23.3 Å². The van der Waals surface area contributed by atoms with Crippen molar-refractivity contribution in [3.8, 4) is 0 Å². The molecule has 2 rings (SSSR count). The van der Waals surface area contributed by atoms with Crippen LogP contribution in [-0.4, -0.2) is 20.7 Å². The van der Waals surface area contributed by atoms with Crippen molar-refractivity contribution in [3.63, 3.8) is 0 Å². The number of pyridine rings is 1. The summed E-state index contributed by atoms with van der Waals surface area (Å²) in [7, 11) is 0. The molecule has 0 radical (unpaired) electrons. The summed E-state index contributed by atoms with van der Waals surface area (Å²) < 4.78 is 0. The maximum absolute atomic E-state index is 11.2. The number of nitrogens with zero attached hydrogens (tertiary/aromatic N) is 2. The van der Waals surface area contributed by atoms with Crippen molar-refractivity contribution in [1.29, 1.82) is 0 Å². The zero-order valence-corrected chi connectivity index (χ0v) is 7.44. The second-order valence-electron chi connectivity index (χ2n) is 2.86. The Balaban J connectivity index is 2.88. The predicted molar refractivity (Wildman–Crippen MR) is 50.2 cm³/mol. The zero-order valence-electron chi connectivity index (χ0n) is 7.44. The molecule has 0 saturated heterocycles. The summed E-state index contributed by atoms with van der Waals surface area (Å²) >= 11 is 0. The van der Waals surface area contributed by atoms with E-state index in [0.717, 1.165) is 0 Å². The minimum atomic E-state index is -0.245. The van der Waals surface area contributed by atoms with Gasteiger partial charge >= 0.3 is 0 Å². The Morgan fingerprint density at radius 1 is 1.36 bits per heavy atom. The van der Waals surface area contributed by atoms with Crippen LogP contribution in [-0.2, 0) is 0 Å². The summed E-state index contributed by atoms with van der Waals surface area (Å²) in [5.41, 5.74) is 0.467. The fourth-order valence-electron chi connectivity index (χ4n) is 1.25. The number of ketones is 1. The minimum absolute atomic E-state index is 0.149. The van der Waals surface area contributed by atoms with Crippen LogP contribution in [0.5, 0.6) is 0 Å². The van der Waals surface area contributed by atoms with Crippen molar-refractivity contribution >= 4 is 16.8 Å². The number of carbonyl (C=O) groups is 1. The maximum atomic E-state index is 11.2. The molecule has 0 fully saturated rings. The smallest absolute Gasteiger partial charge is 0.249 e. The van der Waals surface area contributed by atoms with Gasteiger partial charge in [0.25, 0.3) is 0 Å². The van der Waals surface area contributed by atoms with E-state index in [0.29, 0.717) is 16.7 Å². The molecule has 5 heteroatoms. The molecule has 0 amide bonds. The van der Waals surface area contributed by atoms with Crippen LogP contribution < -0.4 is 5.56 Å². The van der Waals surface area contributed by atoms with E-state index < -0.39 is 0 Å². The number of aromatic nitrogens is 3. The molecule has 2 aromatic heterocycles. The molecular formula is C9H7N3O2. The summed E-state index contributed by atoms with van der Waals surface area (Å²) in [5.74, 6) is -0.149. The van der Waals surface area contributed by atoms with Crippen LogP contribution >= 0.6 is 0 Å². The first kappa shape index (κ1) is 8.55. The number of nitrogens with one attached hydrogen (secondary N) is 1. The molecule has 0 aliphatic heterocycles. The van der Waals surface area contributed by atoms with Gasteiger partial charge in [0.1, 0.15) is 17.7 Å². The number of fused-ring (bicyclic) bond motifs is 1. The second kappa shape index (κ2) is 3.02. The lowest BCUT2D eigenvalue weighted by Crippen LogP contribution is -2.07. The number of hydrogen-bond donors (Lipinski definition) is 1. The van der Waals surface area contributed by atoms with E-state index in [-0.39, 0.29) is 11.3 Å². The minimum Gasteiger partial charge on any atom is -0.306 e. The topological polar surface area (TPSA) is 75.7 Å². The lowest BCUT2D eigenvalue weighted by atomic mass is 10.2. The predicted octanol–water partition coefficient (Wildman–Crippen LogP) is 0.521. The van der Waals surface area contributed by atoms with Crippen LogP contribution in [0.4, 0.5) is 0 Å². The van der Waals surface area contributed by atoms with Crippen LogP contribution in [0.3, 0.4) is 0 Å². The van der Waals surface area contributed by atoms with Gasteiger partial charge in [-0.25, -0.2) is 9.97 Å². The SMILES string of the molecule is CC(=O)c1ncnc2[nH]c(=O)ccc12. The van der Waals surface area contributed by atoms with E-state index in [1.165, 1.54) is 19.3 Å². The fraction of sp³-hybridized carbons (Fsp3) is 0.111. The van der Waals surface area contributed by atoms with E-state index in [1.807, 2.05) is 0 Å². The number of aromatic amines is 1. The number of hydrogen-bond acceptors (Lipinski definition) is 4. The molecule has 0 aliphatic carbocycles. The highest BCUT2D eigenvalue weighted by atomic mass is 16.1. The van der Waals surface area contributed by atoms with Gasteiger partial charge in [-0.2, -0.15) is 0 Å². The third kappa shape index (κ3) is 1.28. The highest BCUT2D eigenvalue weighted by molar-refractivity contribution is 6.03. The lowest BCUT2D eigenvalue weighted by molar-refractivity contribution is 0.101. The standard InChI is InChI=1S/C9H7N3O2/c1-5(13)8-6-2-3-7(14)12-9(6)11-4-10-8/h2-4H,1H3,(H,10,11,12,14). The molecule has 2 heterocycles. The third-order valence-electron chi connectivity index (χ3n) is 1.86. The van der Waals surface area contributed by atoms with Gasteiger partial charge in [0.2, 0.25) is 5.56 Å². The van der Waals surface area contributed by atoms with Gasteiger partial charge in [0.15, 0.2) is 5.78 Å². The zero-order chi connectivity index (χ0) is 10.1. The number of H-pyrrole nitrogens is 1. The van der Waals surface area contributed by atoms with Gasteiger partial charge in [-0.05, 0) is 6.07 Å². The average molecular weight is 189 g/mol. The van der Waals surface area contributed by atoms with Crippen molar-refractivity contribution < 1.29 is 4.79 Å². The van der Waals surface area contributed by atoms with E-state index in [2.05, 4.69) is 15.0 Å². The summed E-state index contributed by atoms with van der Waals surface area (Å²) in [6.45, 7) is 1.42. The van der Waals surface area contributed by atoms with Crippen molar-refractivity contribution in [3.05, 3.63) is 34.5 Å². The first-order chi connectivity index (χ1) is 6.68. The second-order valence-corrected chi connectivity index (χ2v) is 2.86. The summed E-state index contributed by atoms with van der Waals surface area (Å²) in [4.78, 5) is 32.4. The van der Waals surface area contributed by atoms with Crippen molar-refractivity contribution in [2.24, 2.45) is 0 Å². The van der Waals surface area contributed by atoms with Gasteiger partial charge in [-0.3, -0.25) is 9.59 Å². The van der Waals surface area contributed by atoms with Crippen LogP contribution in [0.1, 0.15) is 17.4 Å². The summed E-state index contributed by atoms with van der Waals surface area (Å²) in [5, 5.41) is 0.569. The molecule has 0 bridgehead atoms. The molecule has 14 heavy (non-hydrogen) atoms. The van der Waals surface area contributed by atoms with Gasteiger partial charge < -0.3 is 4.98 Å². The first-order valence-corrected chi connectivity index (χ1v) is 4.03. The molecule has 0 aliphatic rings. The molecule has 0 aromatic carbocycles. The van der Waals surface area contributed by atoms with E-state index in [9.17, 15) is 9.59 Å². The highest BCUT2D eigenvalue weighted by Gasteiger charge is 2.07. The molecule has 5 nitrogen and oxygen atoms in total. The number of rotatable bonds is 1. The van der Waals surface area contributed by atoms with E-state index in [4.69, 9.17) is 0 Å². The highest BCUT2D eigenvalue weighted by Crippen LogP contribution is 2.10. The molecule has 1 N–H and O–H groups in total. The Morgan fingerprint density at radius 2 is 2.14 bits per heavy atom. The number of Topliss-reactive ketones (excluding diaryl/α,β-unsaturated/α-hetero) is 1. The van der Waals surface area contributed by atoms with Gasteiger partial charge in [-0.1, -0.05) is 0 Å². The molecule has 0 spiro atoms. The van der Waals surface area contributed by atoms with Crippen molar-refractivity contribution in [1.82, 2.24) is 15.0 Å². The largest absolute Gasteiger partial charge is 0.306 e. The molecular weight excluding hydrogens is 182 g/mol.